The molecule has 1 unspecified atom stereocenters. The molecule has 1 nitrogen and oxygen atoms in total. The van der Waals surface area contributed by atoms with Gasteiger partial charge in [-0.1, -0.05) is 13.0 Å². The third-order valence-corrected chi connectivity index (χ3v) is 2.23. The molecule has 0 aliphatic carbocycles. The lowest BCUT2D eigenvalue weighted by Crippen LogP contribution is -2.10. The molecule has 78 valence electrons. The SMILES string of the molecule is CC(CCl)COc1cccc(F)c1F. The summed E-state index contributed by atoms with van der Waals surface area (Å²) < 4.78 is 30.8. The molecular weight excluding hydrogens is 210 g/mol. The van der Waals surface area contributed by atoms with E-state index in [9.17, 15) is 8.78 Å². The minimum atomic E-state index is -0.950. The van der Waals surface area contributed by atoms with Crippen LogP contribution in [-0.4, -0.2) is 12.5 Å². The Morgan fingerprint density at radius 3 is 2.79 bits per heavy atom. The van der Waals surface area contributed by atoms with E-state index in [1.165, 1.54) is 12.1 Å². The highest BCUT2D eigenvalue weighted by Crippen LogP contribution is 2.19. The highest BCUT2D eigenvalue weighted by molar-refractivity contribution is 6.18. The van der Waals surface area contributed by atoms with Gasteiger partial charge < -0.3 is 4.74 Å². The average molecular weight is 221 g/mol. The van der Waals surface area contributed by atoms with E-state index in [2.05, 4.69) is 0 Å². The van der Waals surface area contributed by atoms with Gasteiger partial charge in [0.25, 0.3) is 0 Å². The van der Waals surface area contributed by atoms with Crippen molar-refractivity contribution in [2.45, 2.75) is 6.92 Å². The van der Waals surface area contributed by atoms with Gasteiger partial charge in [0.1, 0.15) is 0 Å². The van der Waals surface area contributed by atoms with Crippen LogP contribution in [-0.2, 0) is 0 Å². The summed E-state index contributed by atoms with van der Waals surface area (Å²) in [6, 6.07) is 3.84. The Balaban J connectivity index is 2.63. The van der Waals surface area contributed by atoms with Crippen molar-refractivity contribution >= 4 is 11.6 Å². The van der Waals surface area contributed by atoms with E-state index in [1.54, 1.807) is 0 Å². The van der Waals surface area contributed by atoms with Crippen LogP contribution in [0, 0.1) is 17.6 Å². The molecule has 0 radical (unpaired) electrons. The van der Waals surface area contributed by atoms with Crippen LogP contribution in [0.2, 0.25) is 0 Å². The highest BCUT2D eigenvalue weighted by Gasteiger charge is 2.09. The molecule has 0 heterocycles. The Kier molecular flexibility index (Phi) is 4.14. The van der Waals surface area contributed by atoms with Gasteiger partial charge in [0.05, 0.1) is 6.61 Å². The van der Waals surface area contributed by atoms with E-state index in [1.807, 2.05) is 6.92 Å². The zero-order valence-electron chi connectivity index (χ0n) is 7.77. The Morgan fingerprint density at radius 1 is 1.43 bits per heavy atom. The molecule has 0 saturated heterocycles. The molecule has 1 rings (SSSR count). The van der Waals surface area contributed by atoms with Crippen LogP contribution >= 0.6 is 11.6 Å². The molecule has 1 aromatic carbocycles. The maximum atomic E-state index is 13.0. The smallest absolute Gasteiger partial charge is 0.200 e. The molecule has 1 aromatic rings. The van der Waals surface area contributed by atoms with E-state index in [4.69, 9.17) is 16.3 Å². The number of ether oxygens (including phenoxy) is 1. The molecule has 0 bridgehead atoms. The molecule has 0 saturated carbocycles. The normalized spacial score (nSPS) is 12.6. The van der Waals surface area contributed by atoms with Crippen LogP contribution in [0.5, 0.6) is 5.75 Å². The predicted molar refractivity (Wildman–Crippen MR) is 51.7 cm³/mol. The molecule has 14 heavy (non-hydrogen) atoms. The lowest BCUT2D eigenvalue weighted by molar-refractivity contribution is 0.257. The first-order valence-electron chi connectivity index (χ1n) is 4.28. The van der Waals surface area contributed by atoms with Gasteiger partial charge in [-0.05, 0) is 12.1 Å². The summed E-state index contributed by atoms with van der Waals surface area (Å²) in [6.07, 6.45) is 0. The zero-order chi connectivity index (χ0) is 10.6. The van der Waals surface area contributed by atoms with Crippen LogP contribution in [0.1, 0.15) is 6.92 Å². The van der Waals surface area contributed by atoms with Crippen molar-refractivity contribution in [1.29, 1.82) is 0 Å². The molecule has 4 heteroatoms. The fourth-order valence-electron chi connectivity index (χ4n) is 0.872. The highest BCUT2D eigenvalue weighted by atomic mass is 35.5. The summed E-state index contributed by atoms with van der Waals surface area (Å²) in [4.78, 5) is 0. The Morgan fingerprint density at radius 2 is 2.14 bits per heavy atom. The summed E-state index contributed by atoms with van der Waals surface area (Å²) >= 11 is 5.54. The largest absolute Gasteiger partial charge is 0.490 e. The fourth-order valence-corrected chi connectivity index (χ4v) is 0.961. The monoisotopic (exact) mass is 220 g/mol. The molecule has 0 amide bonds. The van der Waals surface area contributed by atoms with Crippen molar-refractivity contribution in [3.63, 3.8) is 0 Å². The van der Waals surface area contributed by atoms with Crippen molar-refractivity contribution in [2.75, 3.05) is 12.5 Å². The minimum Gasteiger partial charge on any atom is -0.490 e. The maximum absolute atomic E-state index is 13.0. The van der Waals surface area contributed by atoms with Gasteiger partial charge in [0, 0.05) is 11.8 Å². The molecule has 1 atom stereocenters. The second kappa shape index (κ2) is 5.15. The summed E-state index contributed by atoms with van der Waals surface area (Å²) in [5.41, 5.74) is 0. The van der Waals surface area contributed by atoms with Gasteiger partial charge in [-0.25, -0.2) is 4.39 Å². The third-order valence-electron chi connectivity index (χ3n) is 1.70. The standard InChI is InChI=1S/C10H11ClF2O/c1-7(5-11)6-14-9-4-2-3-8(12)10(9)13/h2-4,7H,5-6H2,1H3. The first-order chi connectivity index (χ1) is 6.65. The quantitative estimate of drug-likeness (QED) is 0.708. The summed E-state index contributed by atoms with van der Waals surface area (Å²) in [5.74, 6) is -1.38. The van der Waals surface area contributed by atoms with E-state index in [0.717, 1.165) is 6.07 Å². The van der Waals surface area contributed by atoms with Crippen molar-refractivity contribution in [2.24, 2.45) is 5.92 Å². The first-order valence-corrected chi connectivity index (χ1v) is 4.81. The molecule has 0 aliphatic heterocycles. The van der Waals surface area contributed by atoms with Crippen LogP contribution in [0.4, 0.5) is 8.78 Å². The van der Waals surface area contributed by atoms with E-state index < -0.39 is 11.6 Å². The summed E-state index contributed by atoms with van der Waals surface area (Å²) in [6.45, 7) is 2.15. The summed E-state index contributed by atoms with van der Waals surface area (Å²) in [5, 5.41) is 0. The number of rotatable bonds is 4. The van der Waals surface area contributed by atoms with E-state index in [0.29, 0.717) is 5.88 Å². The second-order valence-electron chi connectivity index (χ2n) is 3.12. The molecular formula is C10H11ClF2O. The van der Waals surface area contributed by atoms with Crippen molar-refractivity contribution < 1.29 is 13.5 Å². The molecule has 0 aliphatic rings. The Hall–Kier alpha value is -0.830. The molecule has 0 spiro atoms. The van der Waals surface area contributed by atoms with Gasteiger partial charge in [0.2, 0.25) is 5.82 Å². The maximum Gasteiger partial charge on any atom is 0.200 e. The van der Waals surface area contributed by atoms with Crippen molar-refractivity contribution in [3.05, 3.63) is 29.8 Å². The van der Waals surface area contributed by atoms with Crippen LogP contribution in [0.25, 0.3) is 0 Å². The van der Waals surface area contributed by atoms with Crippen molar-refractivity contribution in [1.82, 2.24) is 0 Å². The van der Waals surface area contributed by atoms with Gasteiger partial charge in [-0.2, -0.15) is 4.39 Å². The van der Waals surface area contributed by atoms with Crippen LogP contribution < -0.4 is 4.74 Å². The molecule has 0 aromatic heterocycles. The van der Waals surface area contributed by atoms with Crippen molar-refractivity contribution in [3.8, 4) is 5.75 Å². The van der Waals surface area contributed by atoms with Crippen LogP contribution in [0.15, 0.2) is 18.2 Å². The first kappa shape index (κ1) is 11.2. The van der Waals surface area contributed by atoms with E-state index in [-0.39, 0.29) is 18.3 Å². The minimum absolute atomic E-state index is 0.0676. The van der Waals surface area contributed by atoms with Gasteiger partial charge in [-0.15, -0.1) is 11.6 Å². The lowest BCUT2D eigenvalue weighted by atomic mass is 10.2. The number of benzene rings is 1. The number of alkyl halides is 1. The van der Waals surface area contributed by atoms with E-state index >= 15 is 0 Å². The Bertz CT molecular complexity index is 304. The summed E-state index contributed by atoms with van der Waals surface area (Å²) in [7, 11) is 0. The molecule has 0 N–H and O–H groups in total. The molecule has 0 fully saturated rings. The lowest BCUT2D eigenvalue weighted by Gasteiger charge is -2.10. The fraction of sp³-hybridized carbons (Fsp3) is 0.400. The van der Waals surface area contributed by atoms with Gasteiger partial charge >= 0.3 is 0 Å². The average Bonchev–Trinajstić information content (AvgIpc) is 2.20. The second-order valence-corrected chi connectivity index (χ2v) is 3.43. The number of hydrogen-bond donors (Lipinski definition) is 0. The van der Waals surface area contributed by atoms with Crippen LogP contribution in [0.3, 0.4) is 0 Å². The zero-order valence-corrected chi connectivity index (χ0v) is 8.52. The number of halogens is 3. The number of hydrogen-bond acceptors (Lipinski definition) is 1. The topological polar surface area (TPSA) is 9.23 Å². The van der Waals surface area contributed by atoms with Gasteiger partial charge in [-0.3, -0.25) is 0 Å². The predicted octanol–water partition coefficient (Wildman–Crippen LogP) is 3.22. The van der Waals surface area contributed by atoms with Gasteiger partial charge in [0.15, 0.2) is 11.6 Å². The Labute approximate surface area is 86.6 Å². The third kappa shape index (κ3) is 2.84.